The zero-order valence-electron chi connectivity index (χ0n) is 16.4. The molecule has 0 radical (unpaired) electrons. The highest BCUT2D eigenvalue weighted by Crippen LogP contribution is 2.18. The van der Waals surface area contributed by atoms with Gasteiger partial charge in [0.2, 0.25) is 10.0 Å². The molecule has 0 aliphatic carbocycles. The predicted octanol–water partition coefficient (Wildman–Crippen LogP) is 0.419. The van der Waals surface area contributed by atoms with Gasteiger partial charge >= 0.3 is 0 Å². The zero-order chi connectivity index (χ0) is 22.3. The number of benzene rings is 2. The second kappa shape index (κ2) is 10.0. The van der Waals surface area contributed by atoms with E-state index in [9.17, 15) is 18.0 Å². The van der Waals surface area contributed by atoms with E-state index >= 15 is 0 Å². The minimum absolute atomic E-state index is 0.0162. The lowest BCUT2D eigenvalue weighted by molar-refractivity contribution is -0.123. The number of hydrogen-bond donors (Lipinski definition) is 2. The number of hydrazine groups is 1. The Labute approximate surface area is 179 Å². The second-order valence-corrected chi connectivity index (χ2v) is 8.41. The molecule has 2 amide bonds. The van der Waals surface area contributed by atoms with Crippen molar-refractivity contribution in [2.45, 2.75) is 4.90 Å². The van der Waals surface area contributed by atoms with E-state index in [-0.39, 0.29) is 30.2 Å². The molecule has 1 fully saturated rings. The van der Waals surface area contributed by atoms with Gasteiger partial charge in [0.05, 0.1) is 29.7 Å². The number of nitriles is 1. The van der Waals surface area contributed by atoms with E-state index in [4.69, 9.17) is 14.7 Å². The Bertz CT molecular complexity index is 1090. The molecule has 31 heavy (non-hydrogen) atoms. The first-order valence-corrected chi connectivity index (χ1v) is 10.7. The van der Waals surface area contributed by atoms with Crippen LogP contribution in [0.5, 0.6) is 5.75 Å². The third-order valence-electron chi connectivity index (χ3n) is 4.37. The van der Waals surface area contributed by atoms with Gasteiger partial charge in [-0.2, -0.15) is 9.57 Å². The van der Waals surface area contributed by atoms with E-state index in [1.165, 1.54) is 28.6 Å². The van der Waals surface area contributed by atoms with Crippen LogP contribution in [0.25, 0.3) is 0 Å². The highest BCUT2D eigenvalue weighted by Gasteiger charge is 2.26. The van der Waals surface area contributed by atoms with Gasteiger partial charge in [-0.15, -0.1) is 0 Å². The number of carbonyl (C=O) groups excluding carboxylic acids is 2. The van der Waals surface area contributed by atoms with Crippen molar-refractivity contribution >= 4 is 21.8 Å². The fraction of sp³-hybridized carbons (Fsp3) is 0.250. The first kappa shape index (κ1) is 22.2. The Kier molecular flexibility index (Phi) is 7.19. The molecule has 2 aromatic rings. The van der Waals surface area contributed by atoms with Gasteiger partial charge in [0, 0.05) is 18.7 Å². The highest BCUT2D eigenvalue weighted by molar-refractivity contribution is 7.89. The minimum Gasteiger partial charge on any atom is -0.484 e. The summed E-state index contributed by atoms with van der Waals surface area (Å²) in [6, 6.07) is 13.7. The number of nitrogens with one attached hydrogen (secondary N) is 2. The SMILES string of the molecule is N#Cc1ccc(OCC(=O)NNC(=O)c2cccc(S(=O)(=O)N3CCOCC3)c2)cc1. The van der Waals surface area contributed by atoms with Crippen LogP contribution < -0.4 is 15.6 Å². The number of carbonyl (C=O) groups is 2. The van der Waals surface area contributed by atoms with Gasteiger partial charge < -0.3 is 9.47 Å². The molecule has 3 rings (SSSR count). The van der Waals surface area contributed by atoms with Gasteiger partial charge in [-0.3, -0.25) is 20.4 Å². The molecule has 1 aliphatic rings. The Morgan fingerprint density at radius 2 is 1.81 bits per heavy atom. The standard InChI is InChI=1S/C20H20N4O6S/c21-13-15-4-6-17(7-5-15)30-14-19(25)22-23-20(26)16-2-1-3-18(12-16)31(27,28)24-8-10-29-11-9-24/h1-7,12H,8-11,14H2,(H,22,25)(H,23,26). The molecule has 0 atom stereocenters. The molecule has 2 N–H and O–H groups in total. The third-order valence-corrected chi connectivity index (χ3v) is 6.27. The summed E-state index contributed by atoms with van der Waals surface area (Å²) in [7, 11) is -3.75. The minimum atomic E-state index is -3.75. The molecule has 1 saturated heterocycles. The largest absolute Gasteiger partial charge is 0.484 e. The quantitative estimate of drug-likeness (QED) is 0.616. The molecule has 2 aromatic carbocycles. The summed E-state index contributed by atoms with van der Waals surface area (Å²) in [5.41, 5.74) is 4.96. The molecule has 0 saturated carbocycles. The van der Waals surface area contributed by atoms with Gasteiger partial charge in [0.15, 0.2) is 6.61 Å². The summed E-state index contributed by atoms with van der Waals surface area (Å²) in [4.78, 5) is 24.2. The Morgan fingerprint density at radius 1 is 1.10 bits per heavy atom. The average molecular weight is 444 g/mol. The van der Waals surface area contributed by atoms with Crippen LogP contribution >= 0.6 is 0 Å². The van der Waals surface area contributed by atoms with E-state index in [0.29, 0.717) is 24.5 Å². The Morgan fingerprint density at radius 3 is 2.48 bits per heavy atom. The average Bonchev–Trinajstić information content (AvgIpc) is 2.82. The second-order valence-electron chi connectivity index (χ2n) is 6.47. The number of ether oxygens (including phenoxy) is 2. The first-order chi connectivity index (χ1) is 14.9. The van der Waals surface area contributed by atoms with Crippen molar-refractivity contribution in [3.63, 3.8) is 0 Å². The zero-order valence-corrected chi connectivity index (χ0v) is 17.2. The van der Waals surface area contributed by atoms with Crippen LogP contribution in [-0.2, 0) is 19.6 Å². The van der Waals surface area contributed by atoms with Gasteiger partial charge in [-0.1, -0.05) is 6.07 Å². The molecule has 0 spiro atoms. The summed E-state index contributed by atoms with van der Waals surface area (Å²) in [6.07, 6.45) is 0. The molecule has 0 aromatic heterocycles. The van der Waals surface area contributed by atoms with Crippen molar-refractivity contribution in [1.82, 2.24) is 15.2 Å². The van der Waals surface area contributed by atoms with Gasteiger partial charge in [-0.05, 0) is 42.5 Å². The molecule has 0 unspecified atom stereocenters. The van der Waals surface area contributed by atoms with Crippen LogP contribution in [0.1, 0.15) is 15.9 Å². The fourth-order valence-electron chi connectivity index (χ4n) is 2.74. The number of hydrogen-bond acceptors (Lipinski definition) is 7. The van der Waals surface area contributed by atoms with Crippen LogP contribution in [0, 0.1) is 11.3 Å². The monoisotopic (exact) mass is 444 g/mol. The molecule has 11 heteroatoms. The fourth-order valence-corrected chi connectivity index (χ4v) is 4.20. The maximum absolute atomic E-state index is 12.7. The van der Waals surface area contributed by atoms with Crippen molar-refractivity contribution < 1.29 is 27.5 Å². The maximum Gasteiger partial charge on any atom is 0.276 e. The third kappa shape index (κ3) is 5.79. The maximum atomic E-state index is 12.7. The molecular weight excluding hydrogens is 424 g/mol. The van der Waals surface area contributed by atoms with E-state index in [0.717, 1.165) is 0 Å². The van der Waals surface area contributed by atoms with E-state index in [2.05, 4.69) is 10.9 Å². The van der Waals surface area contributed by atoms with Gasteiger partial charge in [0.25, 0.3) is 11.8 Å². The summed E-state index contributed by atoms with van der Waals surface area (Å²) >= 11 is 0. The Balaban J connectivity index is 1.54. The van der Waals surface area contributed by atoms with Crippen molar-refractivity contribution in [3.05, 3.63) is 59.7 Å². The van der Waals surface area contributed by atoms with Crippen LogP contribution in [0.3, 0.4) is 0 Å². The predicted molar refractivity (Wildman–Crippen MR) is 108 cm³/mol. The number of morpholine rings is 1. The summed E-state index contributed by atoms with van der Waals surface area (Å²) < 4.78 is 37.2. The van der Waals surface area contributed by atoms with Gasteiger partial charge in [-0.25, -0.2) is 8.42 Å². The number of rotatable bonds is 6. The van der Waals surface area contributed by atoms with Crippen molar-refractivity contribution in [2.75, 3.05) is 32.9 Å². The van der Waals surface area contributed by atoms with Crippen LogP contribution in [0.15, 0.2) is 53.4 Å². The first-order valence-electron chi connectivity index (χ1n) is 9.30. The van der Waals surface area contributed by atoms with E-state index < -0.39 is 21.8 Å². The number of nitrogens with zero attached hydrogens (tertiary/aromatic N) is 2. The number of amides is 2. The normalized spacial score (nSPS) is 14.3. The van der Waals surface area contributed by atoms with E-state index in [1.807, 2.05) is 6.07 Å². The van der Waals surface area contributed by atoms with Crippen molar-refractivity contribution in [3.8, 4) is 11.8 Å². The molecule has 0 bridgehead atoms. The van der Waals surface area contributed by atoms with E-state index in [1.54, 1.807) is 24.3 Å². The molecule has 1 aliphatic heterocycles. The summed E-state index contributed by atoms with van der Waals surface area (Å²) in [6.45, 7) is 0.756. The van der Waals surface area contributed by atoms with Crippen LogP contribution in [0.4, 0.5) is 0 Å². The molecule has 10 nitrogen and oxygen atoms in total. The number of sulfonamides is 1. The Hall–Kier alpha value is -3.46. The highest BCUT2D eigenvalue weighted by atomic mass is 32.2. The lowest BCUT2D eigenvalue weighted by atomic mass is 10.2. The lowest BCUT2D eigenvalue weighted by Crippen LogP contribution is -2.44. The lowest BCUT2D eigenvalue weighted by Gasteiger charge is -2.26. The van der Waals surface area contributed by atoms with Gasteiger partial charge in [0.1, 0.15) is 5.75 Å². The van der Waals surface area contributed by atoms with Crippen LogP contribution in [0.2, 0.25) is 0 Å². The molecular formula is C20H20N4O6S. The molecule has 1 heterocycles. The summed E-state index contributed by atoms with van der Waals surface area (Å²) in [5, 5.41) is 8.75. The topological polar surface area (TPSA) is 138 Å². The van der Waals surface area contributed by atoms with Crippen molar-refractivity contribution in [1.29, 1.82) is 5.26 Å². The smallest absolute Gasteiger partial charge is 0.276 e. The molecule has 162 valence electrons. The summed E-state index contributed by atoms with van der Waals surface area (Å²) in [5.74, 6) is -0.901. The van der Waals surface area contributed by atoms with Crippen molar-refractivity contribution in [2.24, 2.45) is 0 Å². The van der Waals surface area contributed by atoms with Crippen LogP contribution in [-0.4, -0.2) is 57.4 Å².